The lowest BCUT2D eigenvalue weighted by Crippen LogP contribution is -2.37. The number of aromatic nitrogens is 1. The van der Waals surface area contributed by atoms with Gasteiger partial charge in [0.2, 0.25) is 0 Å². The molecule has 3 aromatic heterocycles. The SMILES string of the molecule is CCOCc1cc2cc(OCc3oc4cccc(OC5CCN(Cc6cccnc6)CC5)c4c3C)ccc2o1. The fourth-order valence-electron chi connectivity index (χ4n) is 5.25. The van der Waals surface area contributed by atoms with E-state index in [0.29, 0.717) is 19.8 Å². The highest BCUT2D eigenvalue weighted by atomic mass is 16.5. The molecule has 7 nitrogen and oxygen atoms in total. The third-order valence-electron chi connectivity index (χ3n) is 7.33. The maximum Gasteiger partial charge on any atom is 0.146 e. The van der Waals surface area contributed by atoms with Gasteiger partial charge in [-0.05, 0) is 74.7 Å². The number of rotatable bonds is 10. The molecule has 202 valence electrons. The lowest BCUT2D eigenvalue weighted by molar-refractivity contribution is 0.0979. The van der Waals surface area contributed by atoms with Gasteiger partial charge in [-0.25, -0.2) is 0 Å². The Balaban J connectivity index is 1.10. The molecule has 0 bridgehead atoms. The molecule has 5 aromatic rings. The molecule has 1 aliphatic rings. The van der Waals surface area contributed by atoms with Crippen LogP contribution >= 0.6 is 0 Å². The molecule has 0 saturated carbocycles. The van der Waals surface area contributed by atoms with E-state index in [-0.39, 0.29) is 6.10 Å². The Morgan fingerprint density at radius 3 is 2.69 bits per heavy atom. The number of ether oxygens (including phenoxy) is 3. The predicted molar refractivity (Wildman–Crippen MR) is 150 cm³/mol. The Morgan fingerprint density at radius 2 is 1.87 bits per heavy atom. The quantitative estimate of drug-likeness (QED) is 0.193. The largest absolute Gasteiger partial charge is 0.490 e. The van der Waals surface area contributed by atoms with E-state index in [0.717, 1.165) is 83.0 Å². The number of hydrogen-bond donors (Lipinski definition) is 0. The van der Waals surface area contributed by atoms with Gasteiger partial charge in [0.1, 0.15) is 53.5 Å². The zero-order chi connectivity index (χ0) is 26.6. The third kappa shape index (κ3) is 5.79. The first-order valence-electron chi connectivity index (χ1n) is 13.7. The minimum atomic E-state index is 0.184. The Bertz CT molecular complexity index is 1530. The molecule has 39 heavy (non-hydrogen) atoms. The summed E-state index contributed by atoms with van der Waals surface area (Å²) >= 11 is 0. The van der Waals surface area contributed by atoms with Gasteiger partial charge in [0.15, 0.2) is 0 Å². The zero-order valence-corrected chi connectivity index (χ0v) is 22.5. The van der Waals surface area contributed by atoms with Gasteiger partial charge in [0.25, 0.3) is 0 Å². The normalized spacial score (nSPS) is 14.8. The van der Waals surface area contributed by atoms with E-state index in [1.165, 1.54) is 5.56 Å². The second-order valence-corrected chi connectivity index (χ2v) is 10.1. The van der Waals surface area contributed by atoms with Crippen molar-refractivity contribution >= 4 is 21.9 Å². The first-order chi connectivity index (χ1) is 19.2. The summed E-state index contributed by atoms with van der Waals surface area (Å²) in [7, 11) is 0. The van der Waals surface area contributed by atoms with E-state index in [1.54, 1.807) is 0 Å². The molecule has 0 aliphatic carbocycles. The van der Waals surface area contributed by atoms with Crippen molar-refractivity contribution in [2.24, 2.45) is 0 Å². The number of furan rings is 2. The number of hydrogen-bond acceptors (Lipinski definition) is 7. The Labute approximate surface area is 228 Å². The first-order valence-corrected chi connectivity index (χ1v) is 13.7. The highest BCUT2D eigenvalue weighted by Crippen LogP contribution is 2.35. The maximum absolute atomic E-state index is 6.54. The minimum Gasteiger partial charge on any atom is -0.490 e. The molecule has 7 heteroatoms. The van der Waals surface area contributed by atoms with E-state index < -0.39 is 0 Å². The van der Waals surface area contributed by atoms with Crippen LogP contribution in [0.1, 0.15) is 42.4 Å². The van der Waals surface area contributed by atoms with E-state index in [9.17, 15) is 0 Å². The van der Waals surface area contributed by atoms with E-state index in [1.807, 2.05) is 67.8 Å². The summed E-state index contributed by atoms with van der Waals surface area (Å²) in [6, 6.07) is 18.0. The molecule has 2 aromatic carbocycles. The number of likely N-dealkylation sites (tertiary alicyclic amines) is 1. The summed E-state index contributed by atoms with van der Waals surface area (Å²) in [6.45, 7) is 8.45. The fraction of sp³-hybridized carbons (Fsp3) is 0.344. The molecular weight excluding hydrogens is 492 g/mol. The van der Waals surface area contributed by atoms with Crippen LogP contribution in [0.5, 0.6) is 11.5 Å². The van der Waals surface area contributed by atoms with Crippen molar-refractivity contribution in [2.75, 3.05) is 19.7 Å². The molecule has 6 rings (SSSR count). The topological polar surface area (TPSA) is 70.1 Å². The molecule has 1 fully saturated rings. The average molecular weight is 527 g/mol. The molecule has 0 unspecified atom stereocenters. The van der Waals surface area contributed by atoms with Gasteiger partial charge in [-0.2, -0.15) is 0 Å². The van der Waals surface area contributed by atoms with Gasteiger partial charge in [-0.15, -0.1) is 0 Å². The number of pyridine rings is 1. The number of piperidine rings is 1. The number of aryl methyl sites for hydroxylation is 1. The van der Waals surface area contributed by atoms with Crippen LogP contribution in [0.15, 0.2) is 75.8 Å². The van der Waals surface area contributed by atoms with Crippen LogP contribution in [0.25, 0.3) is 21.9 Å². The van der Waals surface area contributed by atoms with Gasteiger partial charge in [-0.3, -0.25) is 9.88 Å². The minimum absolute atomic E-state index is 0.184. The zero-order valence-electron chi connectivity index (χ0n) is 22.5. The van der Waals surface area contributed by atoms with Crippen molar-refractivity contribution in [3.05, 3.63) is 89.6 Å². The van der Waals surface area contributed by atoms with Crippen molar-refractivity contribution in [3.8, 4) is 11.5 Å². The average Bonchev–Trinajstić information content (AvgIpc) is 3.52. The van der Waals surface area contributed by atoms with Gasteiger partial charge in [-0.1, -0.05) is 12.1 Å². The van der Waals surface area contributed by atoms with Crippen LogP contribution in [-0.4, -0.2) is 35.7 Å². The van der Waals surface area contributed by atoms with Crippen LogP contribution in [0.2, 0.25) is 0 Å². The number of nitrogens with zero attached hydrogens (tertiary/aromatic N) is 2. The van der Waals surface area contributed by atoms with Crippen molar-refractivity contribution in [2.45, 2.75) is 52.6 Å². The summed E-state index contributed by atoms with van der Waals surface area (Å²) in [5.74, 6) is 3.26. The van der Waals surface area contributed by atoms with Crippen LogP contribution < -0.4 is 9.47 Å². The monoisotopic (exact) mass is 526 g/mol. The van der Waals surface area contributed by atoms with Crippen LogP contribution in [0, 0.1) is 6.92 Å². The summed E-state index contributed by atoms with van der Waals surface area (Å²) in [5.41, 5.74) is 3.95. The standard InChI is InChI=1S/C32H34N2O5/c1-3-35-20-27-17-24-16-26(9-10-28(24)38-27)36-21-31-22(2)32-29(7-4-8-30(32)39-31)37-25-11-14-34(15-12-25)19-23-6-5-13-33-18-23/h4-10,13,16-18,25H,3,11-12,14-15,19-21H2,1-2H3. The summed E-state index contributed by atoms with van der Waals surface area (Å²) in [4.78, 5) is 6.70. The Kier molecular flexibility index (Phi) is 7.52. The highest BCUT2D eigenvalue weighted by Gasteiger charge is 2.23. The molecule has 0 N–H and O–H groups in total. The molecule has 0 amide bonds. The summed E-state index contributed by atoms with van der Waals surface area (Å²) in [6.07, 6.45) is 5.93. The number of benzene rings is 2. The van der Waals surface area contributed by atoms with Crippen LogP contribution in [0.4, 0.5) is 0 Å². The lowest BCUT2D eigenvalue weighted by Gasteiger charge is -2.32. The van der Waals surface area contributed by atoms with Crippen LogP contribution in [-0.2, 0) is 24.5 Å². The molecule has 4 heterocycles. The lowest BCUT2D eigenvalue weighted by atomic mass is 10.1. The second-order valence-electron chi connectivity index (χ2n) is 10.1. The molecule has 1 aliphatic heterocycles. The smallest absolute Gasteiger partial charge is 0.146 e. The summed E-state index contributed by atoms with van der Waals surface area (Å²) < 4.78 is 30.2. The van der Waals surface area contributed by atoms with Crippen molar-refractivity contribution in [1.82, 2.24) is 9.88 Å². The fourth-order valence-corrected chi connectivity index (χ4v) is 5.25. The summed E-state index contributed by atoms with van der Waals surface area (Å²) in [5, 5.41) is 2.02. The highest BCUT2D eigenvalue weighted by molar-refractivity contribution is 5.88. The van der Waals surface area contributed by atoms with Crippen molar-refractivity contribution in [1.29, 1.82) is 0 Å². The third-order valence-corrected chi connectivity index (χ3v) is 7.33. The predicted octanol–water partition coefficient (Wildman–Crippen LogP) is 7.04. The van der Waals surface area contributed by atoms with Gasteiger partial charge in [0.05, 0.1) is 5.39 Å². The van der Waals surface area contributed by atoms with E-state index >= 15 is 0 Å². The Morgan fingerprint density at radius 1 is 0.974 bits per heavy atom. The molecule has 1 saturated heterocycles. The van der Waals surface area contributed by atoms with Crippen molar-refractivity contribution in [3.63, 3.8) is 0 Å². The number of fused-ring (bicyclic) bond motifs is 2. The Hall–Kier alpha value is -3.81. The molecular formula is C32H34N2O5. The van der Waals surface area contributed by atoms with E-state index in [2.05, 4.69) is 22.9 Å². The second kappa shape index (κ2) is 11.5. The molecule has 0 radical (unpaired) electrons. The van der Waals surface area contributed by atoms with Gasteiger partial charge in [0, 0.05) is 49.6 Å². The van der Waals surface area contributed by atoms with Gasteiger partial charge >= 0.3 is 0 Å². The first kappa shape index (κ1) is 25.5. The van der Waals surface area contributed by atoms with Gasteiger partial charge < -0.3 is 23.0 Å². The molecule has 0 atom stereocenters. The maximum atomic E-state index is 6.54. The van der Waals surface area contributed by atoms with Crippen LogP contribution in [0.3, 0.4) is 0 Å². The van der Waals surface area contributed by atoms with Crippen molar-refractivity contribution < 1.29 is 23.0 Å². The molecule has 0 spiro atoms. The van der Waals surface area contributed by atoms with E-state index in [4.69, 9.17) is 23.0 Å².